The normalized spacial score (nSPS) is 32.9. The summed E-state index contributed by atoms with van der Waals surface area (Å²) in [6.07, 6.45) is -3.75. The molecule has 1 heterocycles. The molecule has 1 fully saturated rings. The number of aliphatic hydroxyl groups is 1. The van der Waals surface area contributed by atoms with E-state index in [2.05, 4.69) is 0 Å². The van der Waals surface area contributed by atoms with Crippen molar-refractivity contribution < 1.29 is 33.6 Å². The fourth-order valence-electron chi connectivity index (χ4n) is 2.35. The molecular formula is C14H26O7. The molecule has 7 heteroatoms. The van der Waals surface area contributed by atoms with Gasteiger partial charge in [-0.3, -0.25) is 4.79 Å². The van der Waals surface area contributed by atoms with Crippen LogP contribution >= 0.6 is 0 Å². The van der Waals surface area contributed by atoms with Gasteiger partial charge in [0.2, 0.25) is 0 Å². The van der Waals surface area contributed by atoms with Gasteiger partial charge in [0, 0.05) is 26.7 Å². The zero-order chi connectivity index (χ0) is 15.8. The van der Waals surface area contributed by atoms with E-state index in [0.717, 1.165) is 0 Å². The molecular weight excluding hydrogens is 280 g/mol. The summed E-state index contributed by atoms with van der Waals surface area (Å²) < 4.78 is 27.3. The Kier molecular flexibility index (Phi) is 8.13. The number of hydrogen-bond donors (Lipinski definition) is 1. The largest absolute Gasteiger partial charge is 0.457 e. The highest BCUT2D eigenvalue weighted by molar-refractivity contribution is 5.66. The first-order chi connectivity index (χ1) is 10.0. The molecule has 0 bridgehead atoms. The van der Waals surface area contributed by atoms with Gasteiger partial charge in [0.15, 0.2) is 12.4 Å². The molecule has 1 saturated heterocycles. The minimum absolute atomic E-state index is 0.202. The van der Waals surface area contributed by atoms with Crippen molar-refractivity contribution >= 4 is 5.97 Å². The Balaban J connectivity index is 2.92. The zero-order valence-electron chi connectivity index (χ0n) is 13.1. The minimum Gasteiger partial charge on any atom is -0.457 e. The lowest BCUT2D eigenvalue weighted by Crippen LogP contribution is -2.61. The average Bonchev–Trinajstić information content (AvgIpc) is 2.43. The quantitative estimate of drug-likeness (QED) is 0.653. The van der Waals surface area contributed by atoms with Crippen molar-refractivity contribution in [1.82, 2.24) is 0 Å². The van der Waals surface area contributed by atoms with Crippen molar-refractivity contribution in [3.63, 3.8) is 0 Å². The van der Waals surface area contributed by atoms with E-state index >= 15 is 0 Å². The van der Waals surface area contributed by atoms with Crippen LogP contribution in [0.5, 0.6) is 0 Å². The van der Waals surface area contributed by atoms with Crippen molar-refractivity contribution in [3.05, 3.63) is 0 Å². The summed E-state index contributed by atoms with van der Waals surface area (Å²) in [6, 6.07) is 0. The Morgan fingerprint density at radius 1 is 1.05 bits per heavy atom. The van der Waals surface area contributed by atoms with Crippen LogP contribution in [0.1, 0.15) is 27.7 Å². The van der Waals surface area contributed by atoms with E-state index in [4.69, 9.17) is 23.7 Å². The molecule has 1 rings (SSSR count). The SMILES string of the molecule is CCOC[C@H]1O[C@H](O)[C@H](OCC)[C@@H](OCC)[C@H]1OC(C)=O. The van der Waals surface area contributed by atoms with Crippen LogP contribution < -0.4 is 0 Å². The first kappa shape index (κ1) is 18.3. The summed E-state index contributed by atoms with van der Waals surface area (Å²) in [4.78, 5) is 11.3. The zero-order valence-corrected chi connectivity index (χ0v) is 13.1. The molecule has 5 atom stereocenters. The molecule has 0 saturated carbocycles. The summed E-state index contributed by atoms with van der Waals surface area (Å²) in [5.74, 6) is -0.443. The predicted octanol–water partition coefficient (Wildman–Crippen LogP) is 0.482. The molecule has 0 radical (unpaired) electrons. The molecule has 124 valence electrons. The van der Waals surface area contributed by atoms with Gasteiger partial charge in [0.1, 0.15) is 18.3 Å². The lowest BCUT2D eigenvalue weighted by Gasteiger charge is -2.43. The van der Waals surface area contributed by atoms with Crippen LogP contribution in [0.15, 0.2) is 0 Å². The molecule has 0 spiro atoms. The highest BCUT2D eigenvalue weighted by atomic mass is 16.7. The number of carbonyl (C=O) groups is 1. The van der Waals surface area contributed by atoms with Crippen LogP contribution in [0.2, 0.25) is 0 Å². The van der Waals surface area contributed by atoms with Crippen LogP contribution in [0.3, 0.4) is 0 Å². The third-order valence-corrected chi connectivity index (χ3v) is 3.12. The number of rotatable bonds is 8. The predicted molar refractivity (Wildman–Crippen MR) is 73.8 cm³/mol. The molecule has 0 aromatic rings. The Morgan fingerprint density at radius 2 is 1.67 bits per heavy atom. The standard InChI is InChI=1S/C14H26O7/c1-5-17-8-10-11(20-9(4)15)12(18-6-2)13(19-7-3)14(16)21-10/h10-14,16H,5-8H2,1-4H3/t10-,11+,12+,13-,14+/m1/s1. The number of aliphatic hydroxyl groups excluding tert-OH is 1. The maximum absolute atomic E-state index is 11.3. The maximum Gasteiger partial charge on any atom is 0.303 e. The summed E-state index contributed by atoms with van der Waals surface area (Å²) in [5.41, 5.74) is 0. The van der Waals surface area contributed by atoms with Gasteiger partial charge in [-0.2, -0.15) is 0 Å². The van der Waals surface area contributed by atoms with Gasteiger partial charge < -0.3 is 28.8 Å². The lowest BCUT2D eigenvalue weighted by atomic mass is 9.98. The lowest BCUT2D eigenvalue weighted by molar-refractivity contribution is -0.306. The molecule has 7 nitrogen and oxygen atoms in total. The van der Waals surface area contributed by atoms with E-state index in [0.29, 0.717) is 19.8 Å². The van der Waals surface area contributed by atoms with Crippen LogP contribution in [0.25, 0.3) is 0 Å². The Labute approximate surface area is 125 Å². The minimum atomic E-state index is -1.15. The highest BCUT2D eigenvalue weighted by Gasteiger charge is 2.48. The van der Waals surface area contributed by atoms with Crippen molar-refractivity contribution in [2.24, 2.45) is 0 Å². The Hall–Kier alpha value is -0.730. The topological polar surface area (TPSA) is 83.5 Å². The van der Waals surface area contributed by atoms with Gasteiger partial charge in [-0.05, 0) is 20.8 Å². The fraction of sp³-hybridized carbons (Fsp3) is 0.929. The molecule has 0 aliphatic carbocycles. The van der Waals surface area contributed by atoms with Gasteiger partial charge in [-0.1, -0.05) is 0 Å². The molecule has 0 unspecified atom stereocenters. The molecule has 1 aliphatic heterocycles. The van der Waals surface area contributed by atoms with Crippen molar-refractivity contribution in [3.8, 4) is 0 Å². The van der Waals surface area contributed by atoms with Crippen LogP contribution in [0.4, 0.5) is 0 Å². The van der Waals surface area contributed by atoms with E-state index in [9.17, 15) is 9.90 Å². The number of carbonyl (C=O) groups excluding carboxylic acids is 1. The fourth-order valence-corrected chi connectivity index (χ4v) is 2.35. The van der Waals surface area contributed by atoms with Crippen molar-refractivity contribution in [1.29, 1.82) is 0 Å². The van der Waals surface area contributed by atoms with E-state index in [1.807, 2.05) is 20.8 Å². The molecule has 21 heavy (non-hydrogen) atoms. The average molecular weight is 306 g/mol. The van der Waals surface area contributed by atoms with Crippen LogP contribution in [-0.4, -0.2) is 68.2 Å². The van der Waals surface area contributed by atoms with Gasteiger partial charge in [0.25, 0.3) is 0 Å². The van der Waals surface area contributed by atoms with E-state index < -0.39 is 36.7 Å². The third kappa shape index (κ3) is 5.19. The monoisotopic (exact) mass is 306 g/mol. The van der Waals surface area contributed by atoms with E-state index in [1.165, 1.54) is 6.92 Å². The number of esters is 1. The van der Waals surface area contributed by atoms with Crippen molar-refractivity contribution in [2.45, 2.75) is 58.4 Å². The van der Waals surface area contributed by atoms with Gasteiger partial charge >= 0.3 is 5.97 Å². The second-order valence-corrected chi connectivity index (χ2v) is 4.64. The third-order valence-electron chi connectivity index (χ3n) is 3.12. The van der Waals surface area contributed by atoms with E-state index in [-0.39, 0.29) is 6.61 Å². The smallest absolute Gasteiger partial charge is 0.303 e. The number of ether oxygens (including phenoxy) is 5. The Bertz CT molecular complexity index is 310. The summed E-state index contributed by atoms with van der Waals surface area (Å²) in [6.45, 7) is 8.29. The molecule has 1 aliphatic rings. The van der Waals surface area contributed by atoms with Crippen LogP contribution in [-0.2, 0) is 28.5 Å². The first-order valence-electron chi connectivity index (χ1n) is 7.36. The molecule has 1 N–H and O–H groups in total. The van der Waals surface area contributed by atoms with Gasteiger partial charge in [-0.15, -0.1) is 0 Å². The molecule has 0 amide bonds. The van der Waals surface area contributed by atoms with Gasteiger partial charge in [0.05, 0.1) is 6.61 Å². The summed E-state index contributed by atoms with van der Waals surface area (Å²) >= 11 is 0. The first-order valence-corrected chi connectivity index (χ1v) is 7.36. The Morgan fingerprint density at radius 3 is 2.19 bits per heavy atom. The summed E-state index contributed by atoms with van der Waals surface area (Å²) in [5, 5.41) is 10.1. The second-order valence-electron chi connectivity index (χ2n) is 4.64. The maximum atomic E-state index is 11.3. The number of hydrogen-bond acceptors (Lipinski definition) is 7. The molecule has 0 aromatic heterocycles. The molecule has 0 aromatic carbocycles. The summed E-state index contributed by atoms with van der Waals surface area (Å²) in [7, 11) is 0. The van der Waals surface area contributed by atoms with Crippen LogP contribution in [0, 0.1) is 0 Å². The van der Waals surface area contributed by atoms with E-state index in [1.54, 1.807) is 0 Å². The second kappa shape index (κ2) is 9.32. The highest BCUT2D eigenvalue weighted by Crippen LogP contribution is 2.27. The van der Waals surface area contributed by atoms with Crippen molar-refractivity contribution in [2.75, 3.05) is 26.4 Å². The van der Waals surface area contributed by atoms with Gasteiger partial charge in [-0.25, -0.2) is 0 Å².